The Balaban J connectivity index is 2.05. The van der Waals surface area contributed by atoms with E-state index in [9.17, 15) is 5.11 Å². The number of anilines is 1. The van der Waals surface area contributed by atoms with Crippen LogP contribution in [0.15, 0.2) is 6.20 Å². The zero-order valence-electron chi connectivity index (χ0n) is 8.23. The van der Waals surface area contributed by atoms with Gasteiger partial charge >= 0.3 is 0 Å². The van der Waals surface area contributed by atoms with Crippen LogP contribution in [0.3, 0.4) is 0 Å². The van der Waals surface area contributed by atoms with Crippen molar-refractivity contribution in [2.24, 2.45) is 0 Å². The van der Waals surface area contributed by atoms with Crippen LogP contribution in [0.4, 0.5) is 5.13 Å². The molecule has 1 fully saturated rings. The van der Waals surface area contributed by atoms with E-state index in [-0.39, 0.29) is 5.88 Å². The van der Waals surface area contributed by atoms with Gasteiger partial charge in [-0.15, -0.1) is 11.6 Å². The maximum Gasteiger partial charge on any atom is 0.185 e. The van der Waals surface area contributed by atoms with Crippen molar-refractivity contribution in [2.75, 3.05) is 37.1 Å². The highest BCUT2D eigenvalue weighted by Gasteiger charge is 2.16. The second-order valence-corrected chi connectivity index (χ2v) is 4.66. The third-order valence-corrected chi connectivity index (χ3v) is 3.72. The molecule has 0 amide bonds. The summed E-state index contributed by atoms with van der Waals surface area (Å²) in [4.78, 5) is 7.27. The molecule has 1 aromatic rings. The number of aliphatic hydroxyl groups is 1. The van der Waals surface area contributed by atoms with Crippen molar-refractivity contribution in [3.05, 3.63) is 11.1 Å². The molecule has 1 atom stereocenters. The molecule has 1 aliphatic rings. The highest BCUT2D eigenvalue weighted by atomic mass is 35.5. The molecule has 1 aliphatic heterocycles. The number of halogens is 1. The quantitative estimate of drug-likeness (QED) is 0.818. The number of nitrogens with zero attached hydrogens (tertiary/aromatic N) is 2. The Bertz CT molecular complexity index is 315. The summed E-state index contributed by atoms with van der Waals surface area (Å²) in [5.74, 6) is 0.213. The molecule has 1 unspecified atom stereocenters. The van der Waals surface area contributed by atoms with Gasteiger partial charge in [-0.2, -0.15) is 0 Å². The zero-order chi connectivity index (χ0) is 10.7. The first kappa shape index (κ1) is 11.1. The molecule has 2 rings (SSSR count). The summed E-state index contributed by atoms with van der Waals surface area (Å²) in [5.41, 5.74) is 0. The summed E-state index contributed by atoms with van der Waals surface area (Å²) in [6, 6.07) is 0. The van der Waals surface area contributed by atoms with E-state index in [1.165, 1.54) is 11.3 Å². The van der Waals surface area contributed by atoms with Crippen LogP contribution in [0.25, 0.3) is 0 Å². The van der Waals surface area contributed by atoms with Crippen molar-refractivity contribution >= 4 is 28.1 Å². The Labute approximate surface area is 97.4 Å². The zero-order valence-corrected chi connectivity index (χ0v) is 9.80. The normalized spacial score (nSPS) is 19.2. The number of ether oxygens (including phenoxy) is 1. The molecule has 1 N–H and O–H groups in total. The van der Waals surface area contributed by atoms with E-state index < -0.39 is 6.10 Å². The molecule has 0 radical (unpaired) electrons. The van der Waals surface area contributed by atoms with Gasteiger partial charge in [-0.1, -0.05) is 11.3 Å². The molecule has 0 aromatic carbocycles. The first-order chi connectivity index (χ1) is 7.31. The fourth-order valence-electron chi connectivity index (χ4n) is 1.41. The molecule has 0 bridgehead atoms. The molecule has 0 aliphatic carbocycles. The van der Waals surface area contributed by atoms with E-state index in [0.29, 0.717) is 0 Å². The minimum Gasteiger partial charge on any atom is -0.386 e. The third kappa shape index (κ3) is 2.60. The minimum atomic E-state index is -0.598. The monoisotopic (exact) mass is 248 g/mol. The molecule has 15 heavy (non-hydrogen) atoms. The first-order valence-corrected chi connectivity index (χ1v) is 6.19. The van der Waals surface area contributed by atoms with Crippen LogP contribution in [-0.2, 0) is 4.74 Å². The summed E-state index contributed by atoms with van der Waals surface area (Å²) in [5, 5.41) is 10.5. The second kappa shape index (κ2) is 5.12. The average Bonchev–Trinajstić information content (AvgIpc) is 2.78. The molecule has 0 spiro atoms. The van der Waals surface area contributed by atoms with Gasteiger partial charge < -0.3 is 14.7 Å². The lowest BCUT2D eigenvalue weighted by molar-refractivity contribution is 0.122. The van der Waals surface area contributed by atoms with Crippen LogP contribution in [0.5, 0.6) is 0 Å². The number of morpholine rings is 1. The van der Waals surface area contributed by atoms with Crippen molar-refractivity contribution in [1.29, 1.82) is 0 Å². The van der Waals surface area contributed by atoms with Crippen LogP contribution in [-0.4, -0.2) is 42.3 Å². The van der Waals surface area contributed by atoms with E-state index in [1.807, 2.05) is 0 Å². The lowest BCUT2D eigenvalue weighted by Crippen LogP contribution is -2.36. The van der Waals surface area contributed by atoms with Crippen LogP contribution >= 0.6 is 22.9 Å². The first-order valence-electron chi connectivity index (χ1n) is 4.83. The Hall–Kier alpha value is -0.360. The van der Waals surface area contributed by atoms with Crippen molar-refractivity contribution in [3.8, 4) is 0 Å². The topological polar surface area (TPSA) is 45.6 Å². The smallest absolute Gasteiger partial charge is 0.185 e. The number of hydrogen-bond acceptors (Lipinski definition) is 5. The van der Waals surface area contributed by atoms with Gasteiger partial charge in [0.05, 0.1) is 24.0 Å². The van der Waals surface area contributed by atoms with Crippen molar-refractivity contribution in [1.82, 2.24) is 4.98 Å². The Morgan fingerprint density at radius 1 is 1.60 bits per heavy atom. The number of thiazole rings is 1. The van der Waals surface area contributed by atoms with E-state index >= 15 is 0 Å². The molecule has 0 saturated carbocycles. The number of hydrogen-bond donors (Lipinski definition) is 1. The maximum atomic E-state index is 9.54. The van der Waals surface area contributed by atoms with E-state index in [2.05, 4.69) is 9.88 Å². The molecule has 1 aromatic heterocycles. The van der Waals surface area contributed by atoms with Gasteiger partial charge in [0.1, 0.15) is 6.10 Å². The lowest BCUT2D eigenvalue weighted by atomic mass is 10.4. The van der Waals surface area contributed by atoms with E-state index in [1.54, 1.807) is 6.20 Å². The van der Waals surface area contributed by atoms with E-state index in [4.69, 9.17) is 16.3 Å². The summed E-state index contributed by atoms with van der Waals surface area (Å²) in [6.07, 6.45) is 1.10. The molecule has 1 saturated heterocycles. The summed E-state index contributed by atoms with van der Waals surface area (Å²) in [6.45, 7) is 3.22. The highest BCUT2D eigenvalue weighted by Crippen LogP contribution is 2.28. The summed E-state index contributed by atoms with van der Waals surface area (Å²) in [7, 11) is 0. The number of aliphatic hydroxyl groups excluding tert-OH is 1. The van der Waals surface area contributed by atoms with Crippen LogP contribution in [0.1, 0.15) is 11.0 Å². The van der Waals surface area contributed by atoms with Crippen LogP contribution in [0.2, 0.25) is 0 Å². The average molecular weight is 249 g/mol. The predicted octanol–water partition coefficient (Wildman–Crippen LogP) is 1.25. The fourth-order valence-corrected chi connectivity index (χ4v) is 2.62. The SMILES string of the molecule is OC(CCl)c1cnc(N2CCOCC2)s1. The van der Waals surface area contributed by atoms with Crippen LogP contribution in [0, 0.1) is 0 Å². The molecule has 4 nitrogen and oxygen atoms in total. The van der Waals surface area contributed by atoms with E-state index in [0.717, 1.165) is 36.3 Å². The third-order valence-electron chi connectivity index (χ3n) is 2.27. The molecule has 6 heteroatoms. The highest BCUT2D eigenvalue weighted by molar-refractivity contribution is 7.15. The summed E-state index contributed by atoms with van der Waals surface area (Å²) < 4.78 is 5.26. The van der Waals surface area contributed by atoms with Gasteiger partial charge in [0.15, 0.2) is 5.13 Å². The van der Waals surface area contributed by atoms with Crippen molar-refractivity contribution < 1.29 is 9.84 Å². The second-order valence-electron chi connectivity index (χ2n) is 3.31. The van der Waals surface area contributed by atoms with Gasteiger partial charge in [0, 0.05) is 19.3 Å². The van der Waals surface area contributed by atoms with Crippen LogP contribution < -0.4 is 4.90 Å². The Morgan fingerprint density at radius 2 is 2.33 bits per heavy atom. The lowest BCUT2D eigenvalue weighted by Gasteiger charge is -2.26. The van der Waals surface area contributed by atoms with Crippen molar-refractivity contribution in [3.63, 3.8) is 0 Å². The predicted molar refractivity (Wildman–Crippen MR) is 60.8 cm³/mol. The van der Waals surface area contributed by atoms with Gasteiger partial charge in [-0.05, 0) is 0 Å². The maximum absolute atomic E-state index is 9.54. The number of rotatable bonds is 3. The molecular formula is C9H13ClN2O2S. The minimum absolute atomic E-state index is 0.213. The fraction of sp³-hybridized carbons (Fsp3) is 0.667. The molecule has 84 valence electrons. The standard InChI is InChI=1S/C9H13ClN2O2S/c10-5-7(13)8-6-11-9(15-8)12-1-3-14-4-2-12/h6-7,13H,1-5H2. The van der Waals surface area contributed by atoms with Gasteiger partial charge in [-0.25, -0.2) is 4.98 Å². The number of aromatic nitrogens is 1. The van der Waals surface area contributed by atoms with Gasteiger partial charge in [-0.3, -0.25) is 0 Å². The largest absolute Gasteiger partial charge is 0.386 e. The Kier molecular flexibility index (Phi) is 3.80. The number of alkyl halides is 1. The van der Waals surface area contributed by atoms with Gasteiger partial charge in [0.25, 0.3) is 0 Å². The van der Waals surface area contributed by atoms with Crippen molar-refractivity contribution in [2.45, 2.75) is 6.10 Å². The molecular weight excluding hydrogens is 236 g/mol. The molecule has 2 heterocycles. The Morgan fingerprint density at radius 3 is 3.00 bits per heavy atom. The van der Waals surface area contributed by atoms with Gasteiger partial charge in [0.2, 0.25) is 0 Å². The summed E-state index contributed by atoms with van der Waals surface area (Å²) >= 11 is 7.07.